The third kappa shape index (κ3) is 27.1. The highest BCUT2D eigenvalue weighted by molar-refractivity contribution is 6.06. The van der Waals surface area contributed by atoms with Gasteiger partial charge in [-0.1, -0.05) is 168 Å². The van der Waals surface area contributed by atoms with Gasteiger partial charge in [-0.05, 0) is 312 Å². The molecule has 20 rings (SSSR count). The quantitative estimate of drug-likeness (QED) is 0.0101. The van der Waals surface area contributed by atoms with Crippen LogP contribution in [0.5, 0.6) is 0 Å². The molecule has 2 saturated heterocycles. The molecule has 0 bridgehead atoms. The molecule has 9 aromatic carbocycles. The summed E-state index contributed by atoms with van der Waals surface area (Å²) in [5, 5.41) is 32.6. The lowest BCUT2D eigenvalue weighted by molar-refractivity contribution is -0.141. The van der Waals surface area contributed by atoms with Gasteiger partial charge in [0.25, 0.3) is 17.7 Å². The number of aromatic nitrogens is 8. The zero-order valence-corrected chi connectivity index (χ0v) is 85.6. The number of nitrogens with two attached hydrogens (primary N) is 3. The number of amides is 8. The van der Waals surface area contributed by atoms with Crippen LogP contribution in [-0.2, 0) is 46.9 Å². The van der Waals surface area contributed by atoms with Gasteiger partial charge in [0, 0.05) is 63.8 Å². The summed E-state index contributed by atoms with van der Waals surface area (Å²) in [6.07, 6.45) is 24.2. The fraction of sp³-hybridized carbons (Fsp3) is 0.345. The van der Waals surface area contributed by atoms with Crippen LogP contribution >= 0.6 is 0 Å². The highest BCUT2D eigenvalue weighted by atomic mass is 19.1. The maximum Gasteiger partial charge on any atom is 0.326 e. The molecule has 4 atom stereocenters. The van der Waals surface area contributed by atoms with Gasteiger partial charge in [-0.25, -0.2) is 41.1 Å². The fourth-order valence-electron chi connectivity index (χ4n) is 19.7. The number of urea groups is 1. The molecule has 4 aliphatic carbocycles. The van der Waals surface area contributed by atoms with Crippen LogP contribution in [0.25, 0.3) is 22.7 Å². The molecular formula is C119H131F4N19O8. The topological polar surface area (TPSA) is 356 Å². The molecule has 0 spiro atoms. The summed E-state index contributed by atoms with van der Waals surface area (Å²) >= 11 is 0. The number of hydrogen-bond donors (Lipinski definition) is 8. The van der Waals surface area contributed by atoms with E-state index < -0.39 is 47.0 Å². The lowest BCUT2D eigenvalue weighted by Gasteiger charge is -2.35. The van der Waals surface area contributed by atoms with Crippen molar-refractivity contribution < 1.29 is 55.9 Å². The molecule has 4 aromatic heterocycles. The lowest BCUT2D eigenvalue weighted by atomic mass is 9.93. The van der Waals surface area contributed by atoms with Gasteiger partial charge in [-0.3, -0.25) is 43.4 Å². The third-order valence-electron chi connectivity index (χ3n) is 28.6. The third-order valence-corrected chi connectivity index (χ3v) is 28.6. The Balaban J connectivity index is 0.000000136. The van der Waals surface area contributed by atoms with Crippen molar-refractivity contribution in [2.45, 2.75) is 226 Å². The van der Waals surface area contributed by atoms with Crippen molar-refractivity contribution in [3.05, 3.63) is 373 Å². The number of allylic oxidation sites excluding steroid dienone is 1. The number of hydrogen-bond acceptors (Lipinski definition) is 16. The molecule has 7 aliphatic rings. The summed E-state index contributed by atoms with van der Waals surface area (Å²) < 4.78 is 66.1. The van der Waals surface area contributed by atoms with Gasteiger partial charge in [-0.2, -0.15) is 20.4 Å². The number of ketones is 1. The van der Waals surface area contributed by atoms with E-state index in [1.807, 2.05) is 122 Å². The van der Waals surface area contributed by atoms with Crippen molar-refractivity contribution in [1.29, 1.82) is 0 Å². The summed E-state index contributed by atoms with van der Waals surface area (Å²) in [6.45, 7) is 15.9. The molecule has 3 aliphatic heterocycles. The van der Waals surface area contributed by atoms with Crippen LogP contribution in [-0.4, -0.2) is 114 Å². The number of halogens is 4. The predicted octanol–water partition coefficient (Wildman–Crippen LogP) is 22.2. The van der Waals surface area contributed by atoms with Crippen LogP contribution in [0.15, 0.2) is 249 Å². The Labute approximate surface area is 871 Å². The van der Waals surface area contributed by atoms with Crippen LogP contribution < -0.4 is 43.8 Å². The number of nitrogens with zero attached hydrogens (tertiary/aromatic N) is 11. The predicted molar refractivity (Wildman–Crippen MR) is 571 cm³/mol. The number of carbonyl (C=O) groups excluding carboxylic acids is 8. The Morgan fingerprint density at radius 1 is 0.427 bits per heavy atom. The van der Waals surface area contributed by atoms with Crippen LogP contribution in [0.4, 0.5) is 39.4 Å². The minimum absolute atomic E-state index is 0.0147. The number of piperidine rings is 1. The van der Waals surface area contributed by atoms with E-state index in [0.717, 1.165) is 152 Å². The summed E-state index contributed by atoms with van der Waals surface area (Å²) in [7, 11) is 0. The molecule has 778 valence electrons. The molecule has 6 fully saturated rings. The number of anilines is 3. The highest BCUT2D eigenvalue weighted by Gasteiger charge is 2.39. The van der Waals surface area contributed by atoms with Crippen molar-refractivity contribution in [3.63, 3.8) is 0 Å². The van der Waals surface area contributed by atoms with Crippen LogP contribution in [0.2, 0.25) is 0 Å². The van der Waals surface area contributed by atoms with Gasteiger partial charge in [0.15, 0.2) is 5.78 Å². The highest BCUT2D eigenvalue weighted by Crippen LogP contribution is 2.44. The number of carbonyl (C=O) groups is 8. The summed E-state index contributed by atoms with van der Waals surface area (Å²) in [4.78, 5) is 109. The molecule has 11 N–H and O–H groups in total. The van der Waals surface area contributed by atoms with Crippen molar-refractivity contribution in [2.24, 2.45) is 40.9 Å². The molecule has 13 aromatic rings. The first kappa shape index (κ1) is 106. The van der Waals surface area contributed by atoms with E-state index in [1.54, 1.807) is 107 Å². The lowest BCUT2D eigenvalue weighted by Crippen LogP contribution is -2.40. The second-order valence-corrected chi connectivity index (χ2v) is 40.4. The number of Topliss-reactive ketones (excluding diaryl/α,β-unsaturated/α-hetero) is 1. The van der Waals surface area contributed by atoms with Crippen molar-refractivity contribution >= 4 is 64.3 Å². The first-order valence-electron chi connectivity index (χ1n) is 52.4. The standard InChI is InChI=1S/C32H35FN4O.C30H35FN4O2.C29H31FN6O2.C28H30FN5O3/c1-3-4-9-23-10-8-13-27(19-23)37-30(18-22(2)36-37)32(38)35-29-20-26(16-17-28(29)33)31(34-21-24-14-15-24)25-11-6-5-7-12-25;1-20-15-28(35(33-20)25-6-4-5-22(16-25)19-32)29(36)18-24-17-23(11-12-26(24)31)27(13-10-21-8-9-21)34-14-3-2-7-30(34)37;1-18-12-13-35(29(38)32-18)26(11-8-20-6-7-20)22-9-10-24(30)25(16-22)33-28(37)27-14-19(2)34-36(27)23-5-3-4-21(15-23)17-31;1-17-13-25(34(32-17)21-4-2-3-19(14-21)16-30)28(37)31-23-15-20(8-9-22(23)29)24(10-7-18-5-6-18)33-26(35)11-12-27(33)36/h5-8,10-13,16-20,24,31,34H,3-4,9,14-15,21H2,1-2H3,(H,35,38);4-6,11-12,15-17,21,27H,2-3,7-10,13-14,18-19,32H2,1H3;3-5,9-10,12-16,20,26H,1,6-8,11,17,31H2,2H3,(H,32,38)(H,33,37);2-4,8-9,13-15,18,24H,5-7,10-12,16,30H2,1H3,(H,31,37). The Hall–Kier alpha value is -15.2. The van der Waals surface area contributed by atoms with Gasteiger partial charge in [0.1, 0.15) is 46.0 Å². The van der Waals surface area contributed by atoms with Gasteiger partial charge in [0.05, 0.1) is 86.8 Å². The fourth-order valence-corrected chi connectivity index (χ4v) is 19.7. The molecule has 31 heteroatoms. The van der Waals surface area contributed by atoms with E-state index in [-0.39, 0.29) is 95.4 Å². The van der Waals surface area contributed by atoms with Crippen LogP contribution in [0.1, 0.15) is 286 Å². The average molecular weight is 2030 g/mol. The number of rotatable bonds is 39. The number of nitrogens with one attached hydrogen (secondary N) is 5. The van der Waals surface area contributed by atoms with Gasteiger partial charge >= 0.3 is 6.03 Å². The monoisotopic (exact) mass is 2030 g/mol. The molecule has 7 heterocycles. The molecule has 150 heavy (non-hydrogen) atoms. The molecule has 27 nitrogen and oxygen atoms in total. The van der Waals surface area contributed by atoms with E-state index >= 15 is 4.39 Å². The average Bonchev–Trinajstić information content (AvgIpc) is 1.64. The smallest absolute Gasteiger partial charge is 0.326 e. The summed E-state index contributed by atoms with van der Waals surface area (Å²) in [5.74, 6) is -1.23. The Morgan fingerprint density at radius 3 is 1.28 bits per heavy atom. The van der Waals surface area contributed by atoms with Crippen molar-refractivity contribution in [3.8, 4) is 22.7 Å². The van der Waals surface area contributed by atoms with E-state index in [4.69, 9.17) is 17.2 Å². The Morgan fingerprint density at radius 2 is 0.833 bits per heavy atom. The molecule has 4 unspecified atom stereocenters. The minimum Gasteiger partial charge on any atom is -0.336 e. The zero-order chi connectivity index (χ0) is 105. The van der Waals surface area contributed by atoms with Crippen LogP contribution in [0.3, 0.4) is 0 Å². The number of benzene rings is 9. The molecular weight excluding hydrogens is 1900 g/mol. The maximum absolute atomic E-state index is 15.0. The first-order chi connectivity index (χ1) is 72.6. The summed E-state index contributed by atoms with van der Waals surface area (Å²) in [6, 6.07) is 65.2. The van der Waals surface area contributed by atoms with E-state index in [2.05, 4.69) is 84.7 Å². The van der Waals surface area contributed by atoms with E-state index in [1.165, 1.54) is 88.7 Å². The molecule has 4 saturated carbocycles. The number of imide groups is 1. The Kier molecular flexibility index (Phi) is 34.6. The second-order valence-electron chi connectivity index (χ2n) is 40.4. The SMILES string of the molecule is C=C1C=CN(C(CCC2CC2)c2ccc(F)c(NC(=O)c3cc(C)nn3-c3cccc(CN)c3)c2)C(=O)N1.CCCCc1cccc(-n2nc(C)cc2C(=O)Nc2cc(C(NCC3CC3)c3ccccc3)ccc2F)c1.Cc1cc(C(=O)Cc2cc(C(CCC3CC3)N3CCCCC3=O)ccc2F)n(-c2cccc(CN)c2)n1.Cc1cc(C(=O)Nc2cc(C(CCC3CC3)N3C(=O)CCC3=O)ccc2F)n(-c2cccc(CN)c2)n1. The minimum atomic E-state index is -0.606. The number of unbranched alkanes of at least 4 members (excludes halogenated alkanes) is 1. The van der Waals surface area contributed by atoms with Crippen LogP contribution in [0, 0.1) is 74.6 Å². The van der Waals surface area contributed by atoms with Crippen molar-refractivity contribution in [1.82, 2.24) is 64.5 Å². The van der Waals surface area contributed by atoms with E-state index in [0.29, 0.717) is 107 Å². The zero-order valence-electron chi connectivity index (χ0n) is 85.6. The van der Waals surface area contributed by atoms with Gasteiger partial charge in [-0.15, -0.1) is 0 Å². The molecule has 8 amide bonds. The maximum atomic E-state index is 15.0. The largest absolute Gasteiger partial charge is 0.336 e. The molecule has 0 radical (unpaired) electrons. The van der Waals surface area contributed by atoms with Gasteiger partial charge in [0.2, 0.25) is 17.7 Å². The van der Waals surface area contributed by atoms with E-state index in [9.17, 15) is 51.5 Å². The number of aryl methyl sites for hydroxylation is 5. The second kappa shape index (κ2) is 48.9. The normalized spacial score (nSPS) is 15.7. The van der Waals surface area contributed by atoms with Crippen molar-refractivity contribution in [2.75, 3.05) is 29.0 Å². The summed E-state index contributed by atoms with van der Waals surface area (Å²) in [5.41, 5.74) is 33.5. The number of likely N-dealkylation sites (tertiary alicyclic amines) is 2. The first-order valence-corrected chi connectivity index (χ1v) is 52.4. The van der Waals surface area contributed by atoms with Gasteiger partial charge < -0.3 is 48.7 Å². The Bertz CT molecular complexity index is 7140.